The lowest BCUT2D eigenvalue weighted by Gasteiger charge is -2.42. The second-order valence-electron chi connectivity index (χ2n) is 11.5. The first kappa shape index (κ1) is 29.2. The third-order valence-electron chi connectivity index (χ3n) is 8.68. The number of sulfone groups is 1. The molecule has 43 heavy (non-hydrogen) atoms. The number of methoxy groups -OCH3 is 1. The Morgan fingerprint density at radius 3 is 2.47 bits per heavy atom. The molecular formula is C31H40N8O3S. The summed E-state index contributed by atoms with van der Waals surface area (Å²) in [6.45, 7) is 6.89. The normalized spacial score (nSPS) is 17.4. The quantitative estimate of drug-likeness (QED) is 0.310. The lowest BCUT2D eigenvalue weighted by atomic mass is 10.0. The van der Waals surface area contributed by atoms with Crippen LogP contribution in [0, 0.1) is 0 Å². The topological polar surface area (TPSA) is 122 Å². The Labute approximate surface area is 253 Å². The van der Waals surface area contributed by atoms with Gasteiger partial charge in [0.1, 0.15) is 11.3 Å². The van der Waals surface area contributed by atoms with Gasteiger partial charge in [0.15, 0.2) is 15.7 Å². The highest BCUT2D eigenvalue weighted by atomic mass is 32.2. The third-order valence-corrected chi connectivity index (χ3v) is 9.87. The van der Waals surface area contributed by atoms with Crippen LogP contribution in [0.15, 0.2) is 59.6 Å². The summed E-state index contributed by atoms with van der Waals surface area (Å²) >= 11 is 0. The van der Waals surface area contributed by atoms with Crippen LogP contribution < -0.4 is 20.7 Å². The summed E-state index contributed by atoms with van der Waals surface area (Å²) in [5.74, 6) is 1.38. The number of fused-ring (bicyclic) bond motifs is 1. The minimum Gasteiger partial charge on any atom is -0.494 e. The molecule has 3 N–H and O–H groups in total. The zero-order chi connectivity index (χ0) is 30.1. The molecule has 2 aromatic carbocycles. The molecule has 2 aromatic heterocycles. The number of aromatic nitrogens is 3. The molecule has 2 saturated heterocycles. The molecule has 0 aliphatic carbocycles. The van der Waals surface area contributed by atoms with E-state index in [2.05, 4.69) is 55.2 Å². The van der Waals surface area contributed by atoms with E-state index in [1.54, 1.807) is 25.3 Å². The fraction of sp³-hybridized carbons (Fsp3) is 0.419. The predicted molar refractivity (Wildman–Crippen MR) is 171 cm³/mol. The number of nitrogens with two attached hydrogens (primary N) is 1. The zero-order valence-electron chi connectivity index (χ0n) is 25.0. The Morgan fingerprint density at radius 2 is 1.74 bits per heavy atom. The van der Waals surface area contributed by atoms with Crippen molar-refractivity contribution in [3.8, 4) is 11.4 Å². The van der Waals surface area contributed by atoms with Gasteiger partial charge in [0.2, 0.25) is 5.95 Å². The Bertz CT molecular complexity index is 1710. The number of benzene rings is 2. The van der Waals surface area contributed by atoms with E-state index in [1.807, 2.05) is 22.9 Å². The molecule has 2 aliphatic rings. The van der Waals surface area contributed by atoms with Crippen molar-refractivity contribution in [3.63, 3.8) is 0 Å². The lowest BCUT2D eigenvalue weighted by Crippen LogP contribution is -2.52. The minimum absolute atomic E-state index is 0.131. The average Bonchev–Trinajstić information content (AvgIpc) is 3.43. The Balaban J connectivity index is 1.25. The van der Waals surface area contributed by atoms with E-state index in [4.69, 9.17) is 10.5 Å². The van der Waals surface area contributed by atoms with Crippen molar-refractivity contribution in [2.24, 2.45) is 0 Å². The number of piperazine rings is 1. The molecule has 0 spiro atoms. The SMILES string of the molecule is COc1cc(N2CCC(N3CCN(C)CC3)CC2)ccc1-n1ccc2nc(N)nc(NCc3ccccc3S(C)(=O)=O)c21. The molecule has 6 rings (SSSR count). The molecule has 4 aromatic rings. The average molecular weight is 605 g/mol. The van der Waals surface area contributed by atoms with Crippen LogP contribution in [-0.2, 0) is 16.4 Å². The van der Waals surface area contributed by atoms with Gasteiger partial charge in [0.25, 0.3) is 0 Å². The van der Waals surface area contributed by atoms with Crippen molar-refractivity contribution < 1.29 is 13.2 Å². The van der Waals surface area contributed by atoms with Gasteiger partial charge in [-0.1, -0.05) is 18.2 Å². The first-order valence-corrected chi connectivity index (χ1v) is 16.6. The van der Waals surface area contributed by atoms with E-state index < -0.39 is 9.84 Å². The van der Waals surface area contributed by atoms with Gasteiger partial charge in [-0.15, -0.1) is 0 Å². The van der Waals surface area contributed by atoms with Crippen molar-refractivity contribution in [3.05, 3.63) is 60.3 Å². The number of hydrogen-bond acceptors (Lipinski definition) is 10. The number of nitrogen functional groups attached to an aromatic ring is 1. The molecule has 0 bridgehead atoms. The van der Waals surface area contributed by atoms with E-state index in [0.717, 1.165) is 74.8 Å². The molecule has 0 amide bonds. The Kier molecular flexibility index (Phi) is 8.17. The summed E-state index contributed by atoms with van der Waals surface area (Å²) in [6, 6.07) is 15.8. The van der Waals surface area contributed by atoms with Gasteiger partial charge in [0, 0.05) is 76.1 Å². The van der Waals surface area contributed by atoms with Crippen LogP contribution in [0.4, 0.5) is 17.5 Å². The predicted octanol–water partition coefficient (Wildman–Crippen LogP) is 3.24. The summed E-state index contributed by atoms with van der Waals surface area (Å²) in [5.41, 5.74) is 10.1. The maximum atomic E-state index is 12.3. The number of nitrogens with one attached hydrogen (secondary N) is 1. The summed E-state index contributed by atoms with van der Waals surface area (Å²) in [5, 5.41) is 3.32. The van der Waals surface area contributed by atoms with Crippen molar-refractivity contribution in [2.75, 3.05) is 75.6 Å². The highest BCUT2D eigenvalue weighted by molar-refractivity contribution is 7.90. The van der Waals surface area contributed by atoms with Crippen molar-refractivity contribution in [1.82, 2.24) is 24.3 Å². The van der Waals surface area contributed by atoms with Gasteiger partial charge in [-0.05, 0) is 49.7 Å². The van der Waals surface area contributed by atoms with Crippen LogP contribution in [0.2, 0.25) is 0 Å². The second-order valence-corrected chi connectivity index (χ2v) is 13.5. The summed E-state index contributed by atoms with van der Waals surface area (Å²) in [4.78, 5) is 16.7. The molecular weight excluding hydrogens is 564 g/mol. The molecule has 11 nitrogen and oxygen atoms in total. The number of anilines is 3. The maximum Gasteiger partial charge on any atom is 0.222 e. The van der Waals surface area contributed by atoms with E-state index in [9.17, 15) is 8.42 Å². The van der Waals surface area contributed by atoms with Gasteiger partial charge >= 0.3 is 0 Å². The number of nitrogens with zero attached hydrogens (tertiary/aromatic N) is 6. The summed E-state index contributed by atoms with van der Waals surface area (Å²) in [6.07, 6.45) is 5.45. The number of likely N-dealkylation sites (N-methyl/N-ethyl adjacent to an activating group) is 1. The standard InChI is InChI=1S/C31H40N8O3S/c1-36-16-18-38(19-17-36)23-10-13-37(14-11-23)24-8-9-26(27(20-24)42-2)39-15-12-25-29(39)30(35-31(32)34-25)33-21-22-6-4-5-7-28(22)43(3,40)41/h4-9,12,15,20,23H,10-11,13-14,16-19,21H2,1-3H3,(H3,32,33,34,35). The maximum absolute atomic E-state index is 12.3. The summed E-state index contributed by atoms with van der Waals surface area (Å²) in [7, 11) is 0.497. The van der Waals surface area contributed by atoms with Crippen LogP contribution in [0.3, 0.4) is 0 Å². The van der Waals surface area contributed by atoms with Gasteiger partial charge < -0.3 is 30.2 Å². The number of ether oxygens (including phenoxy) is 1. The van der Waals surface area contributed by atoms with Crippen molar-refractivity contribution >= 4 is 38.3 Å². The second kappa shape index (κ2) is 12.0. The monoisotopic (exact) mass is 604 g/mol. The minimum atomic E-state index is -3.39. The summed E-state index contributed by atoms with van der Waals surface area (Å²) < 4.78 is 32.6. The van der Waals surface area contributed by atoms with Gasteiger partial charge in [-0.25, -0.2) is 13.4 Å². The first-order chi connectivity index (χ1) is 20.7. The molecule has 228 valence electrons. The van der Waals surface area contributed by atoms with Crippen LogP contribution in [0.1, 0.15) is 18.4 Å². The first-order valence-electron chi connectivity index (χ1n) is 14.7. The molecule has 0 radical (unpaired) electrons. The molecule has 12 heteroatoms. The molecule has 0 saturated carbocycles. The third kappa shape index (κ3) is 6.13. The molecule has 2 fully saturated rings. The van der Waals surface area contributed by atoms with Crippen LogP contribution >= 0.6 is 0 Å². The van der Waals surface area contributed by atoms with E-state index >= 15 is 0 Å². The van der Waals surface area contributed by atoms with Gasteiger partial charge in [-0.2, -0.15) is 4.98 Å². The van der Waals surface area contributed by atoms with Crippen LogP contribution in [0.5, 0.6) is 5.75 Å². The number of rotatable bonds is 8. The molecule has 4 heterocycles. The zero-order valence-corrected chi connectivity index (χ0v) is 25.8. The van der Waals surface area contributed by atoms with Crippen molar-refractivity contribution in [1.29, 1.82) is 0 Å². The van der Waals surface area contributed by atoms with Crippen molar-refractivity contribution in [2.45, 2.75) is 30.3 Å². The highest BCUT2D eigenvalue weighted by Crippen LogP contribution is 2.35. The van der Waals surface area contributed by atoms with E-state index in [1.165, 1.54) is 6.26 Å². The number of hydrogen-bond donors (Lipinski definition) is 2. The largest absolute Gasteiger partial charge is 0.494 e. The van der Waals surface area contributed by atoms with Crippen LogP contribution in [0.25, 0.3) is 16.7 Å². The fourth-order valence-corrected chi connectivity index (χ4v) is 7.26. The molecule has 0 atom stereocenters. The molecule has 2 aliphatic heterocycles. The van der Waals surface area contributed by atoms with Crippen LogP contribution in [-0.4, -0.2) is 98.5 Å². The van der Waals surface area contributed by atoms with Gasteiger partial charge in [0.05, 0.1) is 23.2 Å². The smallest absolute Gasteiger partial charge is 0.222 e. The Morgan fingerprint density at radius 1 is 1.00 bits per heavy atom. The van der Waals surface area contributed by atoms with E-state index in [-0.39, 0.29) is 17.4 Å². The Hall–Kier alpha value is -3.87. The highest BCUT2D eigenvalue weighted by Gasteiger charge is 2.27. The fourth-order valence-electron chi connectivity index (χ4n) is 6.32. The molecule has 0 unspecified atom stereocenters. The van der Waals surface area contributed by atoms with E-state index in [0.29, 0.717) is 22.9 Å². The van der Waals surface area contributed by atoms with Gasteiger partial charge in [-0.3, -0.25) is 4.90 Å². The number of piperidine rings is 1. The lowest BCUT2D eigenvalue weighted by molar-refractivity contribution is 0.0982.